The van der Waals surface area contributed by atoms with Crippen LogP contribution >= 0.6 is 15.9 Å². The zero-order chi connectivity index (χ0) is 10.1. The number of aromatic nitrogens is 1. The van der Waals surface area contributed by atoms with Gasteiger partial charge in [0, 0.05) is 16.6 Å². The van der Waals surface area contributed by atoms with Crippen molar-refractivity contribution in [2.45, 2.75) is 13.3 Å². The molecule has 1 aliphatic carbocycles. The lowest BCUT2D eigenvalue weighted by molar-refractivity contribution is -0.117. The van der Waals surface area contributed by atoms with Gasteiger partial charge in [-0.2, -0.15) is 0 Å². The fourth-order valence-corrected chi connectivity index (χ4v) is 1.59. The van der Waals surface area contributed by atoms with E-state index in [1.165, 1.54) is 0 Å². The first kappa shape index (κ1) is 9.65. The summed E-state index contributed by atoms with van der Waals surface area (Å²) in [4.78, 5) is 15.6. The van der Waals surface area contributed by atoms with Crippen LogP contribution in [0, 0.1) is 11.8 Å². The molecule has 2 unspecified atom stereocenters. The van der Waals surface area contributed by atoms with Crippen LogP contribution in [-0.2, 0) is 4.79 Å². The van der Waals surface area contributed by atoms with Crippen LogP contribution in [0.1, 0.15) is 13.3 Å². The van der Waals surface area contributed by atoms with E-state index in [2.05, 4.69) is 33.2 Å². The van der Waals surface area contributed by atoms with Gasteiger partial charge in [-0.05, 0) is 40.4 Å². The van der Waals surface area contributed by atoms with Gasteiger partial charge in [-0.15, -0.1) is 0 Å². The summed E-state index contributed by atoms with van der Waals surface area (Å²) >= 11 is 3.29. The van der Waals surface area contributed by atoms with Gasteiger partial charge in [-0.3, -0.25) is 4.79 Å². The summed E-state index contributed by atoms with van der Waals surface area (Å²) in [7, 11) is 0. The zero-order valence-electron chi connectivity index (χ0n) is 7.83. The molecule has 1 fully saturated rings. The van der Waals surface area contributed by atoms with Gasteiger partial charge >= 0.3 is 0 Å². The van der Waals surface area contributed by atoms with Crippen molar-refractivity contribution < 1.29 is 4.79 Å². The number of anilines is 1. The predicted molar refractivity (Wildman–Crippen MR) is 57.8 cm³/mol. The van der Waals surface area contributed by atoms with Crippen LogP contribution in [0.4, 0.5) is 5.82 Å². The highest BCUT2D eigenvalue weighted by Crippen LogP contribution is 2.38. The third kappa shape index (κ3) is 2.12. The molecule has 1 amide bonds. The summed E-state index contributed by atoms with van der Waals surface area (Å²) in [6, 6.07) is 3.65. The first-order valence-corrected chi connectivity index (χ1v) is 5.38. The van der Waals surface area contributed by atoms with E-state index >= 15 is 0 Å². The maximum atomic E-state index is 11.5. The Labute approximate surface area is 91.0 Å². The van der Waals surface area contributed by atoms with Crippen LogP contribution in [0.15, 0.2) is 22.8 Å². The van der Waals surface area contributed by atoms with Gasteiger partial charge < -0.3 is 5.32 Å². The average Bonchev–Trinajstić information content (AvgIpc) is 2.87. The molecule has 3 nitrogen and oxygen atoms in total. The monoisotopic (exact) mass is 254 g/mol. The number of nitrogens with zero attached hydrogens (tertiary/aromatic N) is 1. The van der Waals surface area contributed by atoms with Gasteiger partial charge in [0.15, 0.2) is 0 Å². The maximum absolute atomic E-state index is 11.5. The van der Waals surface area contributed by atoms with E-state index in [9.17, 15) is 4.79 Å². The summed E-state index contributed by atoms with van der Waals surface area (Å²) in [5.74, 6) is 1.44. The number of hydrogen-bond acceptors (Lipinski definition) is 2. The van der Waals surface area contributed by atoms with Crippen molar-refractivity contribution in [2.24, 2.45) is 11.8 Å². The molecular formula is C10H11BrN2O. The summed E-state index contributed by atoms with van der Waals surface area (Å²) in [5.41, 5.74) is 0. The fourth-order valence-electron chi connectivity index (χ4n) is 1.36. The lowest BCUT2D eigenvalue weighted by Gasteiger charge is -2.02. The number of carbonyl (C=O) groups excluding carboxylic acids is 1. The SMILES string of the molecule is CC1CC1C(=O)Nc1ccc(Br)cn1. The molecule has 1 aliphatic rings. The van der Waals surface area contributed by atoms with Gasteiger partial charge in [0.1, 0.15) is 5.82 Å². The Morgan fingerprint density at radius 2 is 2.36 bits per heavy atom. The molecule has 14 heavy (non-hydrogen) atoms. The smallest absolute Gasteiger partial charge is 0.228 e. The second-order valence-electron chi connectivity index (χ2n) is 3.67. The van der Waals surface area contributed by atoms with E-state index in [0.717, 1.165) is 10.9 Å². The van der Waals surface area contributed by atoms with Crippen molar-refractivity contribution in [2.75, 3.05) is 5.32 Å². The van der Waals surface area contributed by atoms with E-state index < -0.39 is 0 Å². The lowest BCUT2D eigenvalue weighted by atomic mass is 10.3. The fraction of sp³-hybridized carbons (Fsp3) is 0.400. The van der Waals surface area contributed by atoms with Crippen molar-refractivity contribution in [3.8, 4) is 0 Å². The van der Waals surface area contributed by atoms with Gasteiger partial charge in [-0.25, -0.2) is 4.98 Å². The Morgan fingerprint density at radius 1 is 1.64 bits per heavy atom. The largest absolute Gasteiger partial charge is 0.310 e. The van der Waals surface area contributed by atoms with Crippen molar-refractivity contribution in [3.63, 3.8) is 0 Å². The molecule has 2 rings (SSSR count). The first-order valence-electron chi connectivity index (χ1n) is 4.59. The van der Waals surface area contributed by atoms with Crippen molar-refractivity contribution in [1.82, 2.24) is 4.98 Å². The number of carbonyl (C=O) groups is 1. The van der Waals surface area contributed by atoms with Gasteiger partial charge in [0.05, 0.1) is 0 Å². The van der Waals surface area contributed by atoms with E-state index in [1.807, 2.05) is 6.07 Å². The van der Waals surface area contributed by atoms with E-state index in [-0.39, 0.29) is 11.8 Å². The molecule has 4 heteroatoms. The second kappa shape index (κ2) is 3.69. The predicted octanol–water partition coefficient (Wildman–Crippen LogP) is 2.44. The molecule has 0 bridgehead atoms. The Bertz CT molecular complexity index is 350. The normalized spacial score (nSPS) is 24.4. The molecule has 74 valence electrons. The molecule has 0 aliphatic heterocycles. The van der Waals surface area contributed by atoms with Gasteiger partial charge in [0.2, 0.25) is 5.91 Å². The first-order chi connectivity index (χ1) is 6.66. The lowest BCUT2D eigenvalue weighted by Crippen LogP contribution is -2.15. The summed E-state index contributed by atoms with van der Waals surface area (Å²) in [6.45, 7) is 2.08. The summed E-state index contributed by atoms with van der Waals surface area (Å²) in [5, 5.41) is 2.79. The minimum absolute atomic E-state index is 0.0901. The molecule has 0 aromatic carbocycles. The van der Waals surface area contributed by atoms with Gasteiger partial charge in [0.25, 0.3) is 0 Å². The topological polar surface area (TPSA) is 42.0 Å². The molecule has 0 radical (unpaired) electrons. The molecule has 1 aromatic heterocycles. The highest BCUT2D eigenvalue weighted by molar-refractivity contribution is 9.10. The standard InChI is InChI=1S/C10H11BrN2O/c1-6-4-8(6)10(14)13-9-3-2-7(11)5-12-9/h2-3,5-6,8H,4H2,1H3,(H,12,13,14). The van der Waals surface area contributed by atoms with Crippen molar-refractivity contribution in [3.05, 3.63) is 22.8 Å². The van der Waals surface area contributed by atoms with Crippen LogP contribution in [0.25, 0.3) is 0 Å². The Hall–Kier alpha value is -0.900. The molecule has 1 saturated carbocycles. The number of hydrogen-bond donors (Lipinski definition) is 1. The molecule has 1 N–H and O–H groups in total. The van der Waals surface area contributed by atoms with Crippen LogP contribution in [0.3, 0.4) is 0 Å². The Morgan fingerprint density at radius 3 is 2.86 bits per heavy atom. The number of amides is 1. The Balaban J connectivity index is 1.97. The molecule has 0 saturated heterocycles. The van der Waals surface area contributed by atoms with Crippen molar-refractivity contribution in [1.29, 1.82) is 0 Å². The highest BCUT2D eigenvalue weighted by atomic mass is 79.9. The summed E-state index contributed by atoms with van der Waals surface area (Å²) in [6.07, 6.45) is 2.67. The molecule has 1 heterocycles. The maximum Gasteiger partial charge on any atom is 0.228 e. The van der Waals surface area contributed by atoms with Crippen LogP contribution in [0.2, 0.25) is 0 Å². The van der Waals surface area contributed by atoms with E-state index in [0.29, 0.717) is 11.7 Å². The zero-order valence-corrected chi connectivity index (χ0v) is 9.41. The van der Waals surface area contributed by atoms with Gasteiger partial charge in [-0.1, -0.05) is 6.92 Å². The Kier molecular flexibility index (Phi) is 2.54. The van der Waals surface area contributed by atoms with E-state index in [4.69, 9.17) is 0 Å². The van der Waals surface area contributed by atoms with Crippen LogP contribution < -0.4 is 5.32 Å². The minimum atomic E-state index is 0.0901. The highest BCUT2D eigenvalue weighted by Gasteiger charge is 2.39. The van der Waals surface area contributed by atoms with Crippen LogP contribution in [0.5, 0.6) is 0 Å². The number of halogens is 1. The van der Waals surface area contributed by atoms with Crippen molar-refractivity contribution >= 4 is 27.7 Å². The minimum Gasteiger partial charge on any atom is -0.310 e. The molecular weight excluding hydrogens is 244 g/mol. The number of nitrogens with one attached hydrogen (secondary N) is 1. The molecule has 2 atom stereocenters. The van der Waals surface area contributed by atoms with Crippen LogP contribution in [-0.4, -0.2) is 10.9 Å². The quantitative estimate of drug-likeness (QED) is 0.881. The third-order valence-electron chi connectivity index (χ3n) is 2.42. The number of rotatable bonds is 2. The molecule has 1 aromatic rings. The summed E-state index contributed by atoms with van der Waals surface area (Å²) < 4.78 is 0.912. The third-order valence-corrected chi connectivity index (χ3v) is 2.89. The average molecular weight is 255 g/mol. The molecule has 0 spiro atoms. The van der Waals surface area contributed by atoms with E-state index in [1.54, 1.807) is 12.3 Å². The second-order valence-corrected chi connectivity index (χ2v) is 4.59. The number of pyridine rings is 1.